The van der Waals surface area contributed by atoms with Crippen molar-refractivity contribution in [2.75, 3.05) is 11.5 Å². The van der Waals surface area contributed by atoms with Crippen LogP contribution in [0.1, 0.15) is 37.0 Å². The molecule has 1 heterocycles. The maximum atomic E-state index is 12.5. The molecule has 21 heavy (non-hydrogen) atoms. The molecule has 0 aliphatic rings. The first kappa shape index (κ1) is 17.9. The van der Waals surface area contributed by atoms with E-state index in [2.05, 4.69) is 10.3 Å². The molecule has 5 nitrogen and oxygen atoms in total. The van der Waals surface area contributed by atoms with Crippen LogP contribution < -0.4 is 5.32 Å². The largest absolute Gasteiger partial charge is 0.434 e. The molecule has 0 bridgehead atoms. The van der Waals surface area contributed by atoms with Crippen molar-refractivity contribution in [3.05, 3.63) is 16.1 Å². The van der Waals surface area contributed by atoms with Gasteiger partial charge in [-0.15, -0.1) is 11.3 Å². The number of nitrogens with one attached hydrogen (secondary N) is 1. The van der Waals surface area contributed by atoms with Crippen LogP contribution in [-0.4, -0.2) is 30.8 Å². The molecule has 1 amide bonds. The first-order chi connectivity index (χ1) is 9.59. The van der Waals surface area contributed by atoms with Crippen LogP contribution in [0.2, 0.25) is 0 Å². The van der Waals surface area contributed by atoms with Crippen molar-refractivity contribution >= 4 is 27.1 Å². The van der Waals surface area contributed by atoms with Crippen LogP contribution in [-0.2, 0) is 20.8 Å². The summed E-state index contributed by atoms with van der Waals surface area (Å²) in [6, 6.07) is -0.731. The zero-order valence-electron chi connectivity index (χ0n) is 11.4. The molecule has 0 radical (unpaired) electrons. The van der Waals surface area contributed by atoms with E-state index in [0.717, 1.165) is 16.7 Å². The van der Waals surface area contributed by atoms with Gasteiger partial charge in [-0.3, -0.25) is 4.79 Å². The van der Waals surface area contributed by atoms with E-state index in [1.165, 1.54) is 6.92 Å². The van der Waals surface area contributed by atoms with Gasteiger partial charge in [-0.25, -0.2) is 13.4 Å². The van der Waals surface area contributed by atoms with Crippen molar-refractivity contribution in [1.29, 1.82) is 0 Å². The Balaban J connectivity index is 2.80. The normalized spacial score (nSPS) is 14.0. The van der Waals surface area contributed by atoms with Crippen molar-refractivity contribution in [2.24, 2.45) is 0 Å². The lowest BCUT2D eigenvalue weighted by Gasteiger charge is -2.14. The van der Waals surface area contributed by atoms with Gasteiger partial charge in [-0.05, 0) is 6.42 Å². The molecule has 0 saturated carbocycles. The first-order valence-corrected chi connectivity index (χ1v) is 8.81. The minimum Gasteiger partial charge on any atom is -0.346 e. The van der Waals surface area contributed by atoms with E-state index in [1.54, 1.807) is 6.92 Å². The Hall–Kier alpha value is -1.16. The summed E-state index contributed by atoms with van der Waals surface area (Å²) in [5.41, 5.74) is -1.02. The quantitative estimate of drug-likeness (QED) is 0.858. The zero-order valence-corrected chi connectivity index (χ0v) is 13.0. The predicted octanol–water partition coefficient (Wildman–Crippen LogP) is 2.16. The Morgan fingerprint density at radius 3 is 2.48 bits per heavy atom. The summed E-state index contributed by atoms with van der Waals surface area (Å²) in [6.45, 7) is 3.07. The number of carbonyl (C=O) groups excluding carboxylic acids is 1. The second-order valence-corrected chi connectivity index (χ2v) is 7.52. The van der Waals surface area contributed by atoms with Crippen LogP contribution in [0.4, 0.5) is 13.2 Å². The number of aromatic nitrogens is 1. The highest BCUT2D eigenvalue weighted by molar-refractivity contribution is 7.92. The summed E-state index contributed by atoms with van der Waals surface area (Å²) in [4.78, 5) is 15.1. The molecule has 0 unspecified atom stereocenters. The second-order valence-electron chi connectivity index (χ2n) is 4.27. The number of nitrogens with zero attached hydrogens (tertiary/aromatic N) is 1. The van der Waals surface area contributed by atoms with Crippen molar-refractivity contribution in [3.63, 3.8) is 0 Å². The fraction of sp³-hybridized carbons (Fsp3) is 0.636. The van der Waals surface area contributed by atoms with Crippen LogP contribution in [0.25, 0.3) is 0 Å². The van der Waals surface area contributed by atoms with Crippen molar-refractivity contribution in [3.8, 4) is 0 Å². The number of hydrogen-bond acceptors (Lipinski definition) is 5. The first-order valence-electron chi connectivity index (χ1n) is 6.11. The molecule has 1 aromatic heterocycles. The summed E-state index contributed by atoms with van der Waals surface area (Å²) in [5, 5.41) is 3.37. The van der Waals surface area contributed by atoms with E-state index in [0.29, 0.717) is 6.42 Å². The molecule has 1 atom stereocenters. The number of carbonyl (C=O) groups is 1. The van der Waals surface area contributed by atoms with Gasteiger partial charge in [-0.2, -0.15) is 13.2 Å². The SMILES string of the molecule is CC[C@@H](NC(=O)CS(=O)(=O)CC)c1nc(C(F)(F)F)cs1. The molecule has 0 spiro atoms. The fourth-order valence-corrected chi connectivity index (χ4v) is 3.10. The summed E-state index contributed by atoms with van der Waals surface area (Å²) < 4.78 is 60.1. The Kier molecular flexibility index (Phi) is 5.74. The third-order valence-corrected chi connectivity index (χ3v) is 5.18. The van der Waals surface area contributed by atoms with Gasteiger partial charge in [0.2, 0.25) is 5.91 Å². The molecule has 120 valence electrons. The molecule has 0 aromatic carbocycles. The molecule has 0 aliphatic carbocycles. The molecular formula is C11H15F3N2O3S2. The van der Waals surface area contributed by atoms with Crippen LogP contribution in [0.15, 0.2) is 5.38 Å². The third-order valence-electron chi connectivity index (χ3n) is 2.64. The summed E-state index contributed by atoms with van der Waals surface area (Å²) in [5.74, 6) is -1.60. The minimum absolute atomic E-state index is 0.104. The van der Waals surface area contributed by atoms with Crippen LogP contribution in [0.5, 0.6) is 0 Å². The Bertz CT molecular complexity index is 596. The van der Waals surface area contributed by atoms with Gasteiger partial charge in [0.1, 0.15) is 10.8 Å². The van der Waals surface area contributed by atoms with Crippen LogP contribution >= 0.6 is 11.3 Å². The van der Waals surface area contributed by atoms with E-state index in [1.807, 2.05) is 0 Å². The Morgan fingerprint density at radius 1 is 1.43 bits per heavy atom. The van der Waals surface area contributed by atoms with E-state index >= 15 is 0 Å². The molecule has 1 aromatic rings. The predicted molar refractivity (Wildman–Crippen MR) is 72.6 cm³/mol. The van der Waals surface area contributed by atoms with Gasteiger partial charge in [0.15, 0.2) is 15.5 Å². The molecular weight excluding hydrogens is 329 g/mol. The lowest BCUT2D eigenvalue weighted by molar-refractivity contribution is -0.140. The highest BCUT2D eigenvalue weighted by Crippen LogP contribution is 2.32. The molecule has 1 rings (SSSR count). The highest BCUT2D eigenvalue weighted by atomic mass is 32.2. The van der Waals surface area contributed by atoms with Gasteiger partial charge in [0, 0.05) is 11.1 Å². The molecule has 1 N–H and O–H groups in total. The van der Waals surface area contributed by atoms with Gasteiger partial charge < -0.3 is 5.32 Å². The fourth-order valence-electron chi connectivity index (χ4n) is 1.45. The monoisotopic (exact) mass is 344 g/mol. The highest BCUT2D eigenvalue weighted by Gasteiger charge is 2.34. The lowest BCUT2D eigenvalue weighted by atomic mass is 10.2. The van der Waals surface area contributed by atoms with Gasteiger partial charge in [-0.1, -0.05) is 13.8 Å². The third kappa shape index (κ3) is 5.27. The number of thiazole rings is 1. The average Bonchev–Trinajstić information content (AvgIpc) is 2.84. The molecule has 0 saturated heterocycles. The van der Waals surface area contributed by atoms with Crippen molar-refractivity contribution in [2.45, 2.75) is 32.5 Å². The van der Waals surface area contributed by atoms with E-state index in [9.17, 15) is 26.4 Å². The molecule has 10 heteroatoms. The van der Waals surface area contributed by atoms with Gasteiger partial charge >= 0.3 is 6.18 Å². The topological polar surface area (TPSA) is 76.1 Å². The number of amides is 1. The number of sulfone groups is 1. The summed E-state index contributed by atoms with van der Waals surface area (Å²) >= 11 is 0.780. The van der Waals surface area contributed by atoms with E-state index in [4.69, 9.17) is 0 Å². The second kappa shape index (κ2) is 6.73. The molecule has 0 fully saturated rings. The Morgan fingerprint density at radius 2 is 2.05 bits per heavy atom. The van der Waals surface area contributed by atoms with Crippen LogP contribution in [0.3, 0.4) is 0 Å². The van der Waals surface area contributed by atoms with Crippen molar-refractivity contribution < 1.29 is 26.4 Å². The van der Waals surface area contributed by atoms with Gasteiger partial charge in [0.25, 0.3) is 0 Å². The Labute approximate surface area is 124 Å². The number of alkyl halides is 3. The zero-order chi connectivity index (χ0) is 16.3. The molecule has 0 aliphatic heterocycles. The number of hydrogen-bond donors (Lipinski definition) is 1. The van der Waals surface area contributed by atoms with Crippen LogP contribution in [0, 0.1) is 0 Å². The van der Waals surface area contributed by atoms with Gasteiger partial charge in [0.05, 0.1) is 6.04 Å². The van der Waals surface area contributed by atoms with Crippen molar-refractivity contribution in [1.82, 2.24) is 10.3 Å². The maximum Gasteiger partial charge on any atom is 0.434 e. The lowest BCUT2D eigenvalue weighted by Crippen LogP contribution is -2.33. The summed E-state index contributed by atoms with van der Waals surface area (Å²) in [7, 11) is -3.48. The average molecular weight is 344 g/mol. The minimum atomic E-state index is -4.54. The standard InChI is InChI=1S/C11H15F3N2O3S2/c1-3-7(15-9(17)6-21(18,19)4-2)10-16-8(5-20-10)11(12,13)14/h5,7H,3-4,6H2,1-2H3,(H,15,17)/t7-/m1/s1. The van der Waals surface area contributed by atoms with E-state index < -0.39 is 39.4 Å². The van der Waals surface area contributed by atoms with E-state index in [-0.39, 0.29) is 10.8 Å². The summed E-state index contributed by atoms with van der Waals surface area (Å²) in [6.07, 6.45) is -4.23. The maximum absolute atomic E-state index is 12.5. The smallest absolute Gasteiger partial charge is 0.346 e. The number of halogens is 3. The number of rotatable bonds is 6.